The Morgan fingerprint density at radius 1 is 1.17 bits per heavy atom. The molecule has 1 saturated heterocycles. The number of hydrogen-bond acceptors (Lipinski definition) is 7. The number of nitrogens with zero attached hydrogens (tertiary/aromatic N) is 3. The lowest BCUT2D eigenvalue weighted by molar-refractivity contribution is -0.0231. The van der Waals surface area contributed by atoms with Crippen molar-refractivity contribution in [3.05, 3.63) is 53.7 Å². The first-order chi connectivity index (χ1) is 14.1. The molecule has 29 heavy (non-hydrogen) atoms. The van der Waals surface area contributed by atoms with Gasteiger partial charge in [-0.1, -0.05) is 6.07 Å². The summed E-state index contributed by atoms with van der Waals surface area (Å²) in [6.45, 7) is 1.66. The van der Waals surface area contributed by atoms with E-state index in [-0.39, 0.29) is 6.10 Å². The van der Waals surface area contributed by atoms with Crippen molar-refractivity contribution in [3.8, 4) is 11.8 Å². The molecule has 1 N–H and O–H groups in total. The molecule has 1 aromatic heterocycles. The lowest BCUT2D eigenvalue weighted by Gasteiger charge is -2.35. The van der Waals surface area contributed by atoms with E-state index in [0.29, 0.717) is 35.3 Å². The molecule has 4 rings (SSSR count). The first kappa shape index (κ1) is 19.2. The van der Waals surface area contributed by atoms with Crippen molar-refractivity contribution in [1.82, 2.24) is 4.98 Å². The summed E-state index contributed by atoms with van der Waals surface area (Å²) in [5.74, 6) is 1.81. The maximum absolute atomic E-state index is 11.5. The predicted molar refractivity (Wildman–Crippen MR) is 106 cm³/mol. The molecule has 7 heteroatoms. The number of methoxy groups -OCH3 is 1. The lowest BCUT2D eigenvalue weighted by Crippen LogP contribution is -2.42. The second-order valence-electron chi connectivity index (χ2n) is 7.63. The van der Waals surface area contributed by atoms with E-state index >= 15 is 0 Å². The van der Waals surface area contributed by atoms with Gasteiger partial charge in [0.25, 0.3) is 0 Å². The van der Waals surface area contributed by atoms with Crippen molar-refractivity contribution >= 4 is 11.8 Å². The molecule has 1 aromatic carbocycles. The number of benzene rings is 1. The molecule has 0 amide bonds. The number of anilines is 1. The zero-order valence-corrected chi connectivity index (χ0v) is 16.2. The Hall–Kier alpha value is -3.11. The largest absolute Gasteiger partial charge is 0.488 e. The Kier molecular flexibility index (Phi) is 5.36. The quantitative estimate of drug-likeness (QED) is 0.797. The van der Waals surface area contributed by atoms with Crippen LogP contribution in [0, 0.1) is 23.2 Å². The minimum atomic E-state index is -0.546. The summed E-state index contributed by atoms with van der Waals surface area (Å²) in [7, 11) is 1.35. The molecule has 7 nitrogen and oxygen atoms in total. The van der Waals surface area contributed by atoms with Gasteiger partial charge in [0.2, 0.25) is 0 Å². The third kappa shape index (κ3) is 4.03. The fraction of sp³-hybridized carbons (Fsp3) is 0.409. The molecule has 150 valence electrons. The Labute approximate surface area is 169 Å². The molecule has 1 saturated carbocycles. The number of rotatable bonds is 4. The van der Waals surface area contributed by atoms with Gasteiger partial charge < -0.3 is 19.5 Å². The van der Waals surface area contributed by atoms with Gasteiger partial charge in [-0.2, -0.15) is 5.26 Å². The summed E-state index contributed by atoms with van der Waals surface area (Å²) < 4.78 is 10.7. The number of fused-ring (bicyclic) bond motifs is 1. The van der Waals surface area contributed by atoms with E-state index in [1.807, 2.05) is 12.1 Å². The van der Waals surface area contributed by atoms with Gasteiger partial charge in [0.1, 0.15) is 29.4 Å². The van der Waals surface area contributed by atoms with Crippen LogP contribution in [-0.4, -0.2) is 48.5 Å². The minimum absolute atomic E-state index is 0.293. The highest BCUT2D eigenvalue weighted by Gasteiger charge is 2.43. The number of hydrogen-bond donors (Lipinski definition) is 1. The molecular weight excluding hydrogens is 370 g/mol. The SMILES string of the molecule is COC(=O)c1ccc(O[C@@H]2C[C@@H]3CN(c4cccc(C#N)n4)C[C@@H]3C[C@H]2O)cc1. The second kappa shape index (κ2) is 8.10. The summed E-state index contributed by atoms with van der Waals surface area (Å²) in [6.07, 6.45) is 0.580. The van der Waals surface area contributed by atoms with E-state index in [2.05, 4.69) is 16.0 Å². The van der Waals surface area contributed by atoms with Crippen LogP contribution in [0.3, 0.4) is 0 Å². The molecule has 0 unspecified atom stereocenters. The highest BCUT2D eigenvalue weighted by Crippen LogP contribution is 2.39. The van der Waals surface area contributed by atoms with Gasteiger partial charge in [-0.25, -0.2) is 9.78 Å². The molecule has 0 spiro atoms. The summed E-state index contributed by atoms with van der Waals surface area (Å²) in [5.41, 5.74) is 0.872. The molecule has 1 aliphatic carbocycles. The molecule has 1 aliphatic heterocycles. The lowest BCUT2D eigenvalue weighted by atomic mass is 9.78. The fourth-order valence-corrected chi connectivity index (χ4v) is 4.33. The molecule has 2 fully saturated rings. The van der Waals surface area contributed by atoms with Gasteiger partial charge in [0, 0.05) is 13.1 Å². The number of esters is 1. The first-order valence-electron chi connectivity index (χ1n) is 9.72. The topological polar surface area (TPSA) is 95.7 Å². The van der Waals surface area contributed by atoms with E-state index in [4.69, 9.17) is 14.7 Å². The molecule has 2 heterocycles. The van der Waals surface area contributed by atoms with Crippen molar-refractivity contribution in [2.75, 3.05) is 25.1 Å². The number of ether oxygens (including phenoxy) is 2. The van der Waals surface area contributed by atoms with Gasteiger partial charge in [-0.05, 0) is 61.1 Å². The maximum Gasteiger partial charge on any atom is 0.337 e. The Balaban J connectivity index is 1.41. The number of carbonyl (C=O) groups excluding carboxylic acids is 1. The Bertz CT molecular complexity index is 924. The highest BCUT2D eigenvalue weighted by molar-refractivity contribution is 5.89. The van der Waals surface area contributed by atoms with Gasteiger partial charge >= 0.3 is 5.97 Å². The fourth-order valence-electron chi connectivity index (χ4n) is 4.33. The Morgan fingerprint density at radius 2 is 1.90 bits per heavy atom. The van der Waals surface area contributed by atoms with Crippen LogP contribution in [0.4, 0.5) is 5.82 Å². The van der Waals surface area contributed by atoms with Gasteiger partial charge in [-0.15, -0.1) is 0 Å². The van der Waals surface area contributed by atoms with Crippen LogP contribution in [0.1, 0.15) is 28.9 Å². The summed E-state index contributed by atoms with van der Waals surface area (Å²) in [5, 5.41) is 19.7. The minimum Gasteiger partial charge on any atom is -0.488 e. The van der Waals surface area contributed by atoms with Crippen molar-refractivity contribution < 1.29 is 19.4 Å². The summed E-state index contributed by atoms with van der Waals surface area (Å²) in [6, 6.07) is 14.3. The molecule has 4 atom stereocenters. The van der Waals surface area contributed by atoms with E-state index in [1.165, 1.54) is 7.11 Å². The third-order valence-corrected chi connectivity index (χ3v) is 5.82. The normalized spacial score (nSPS) is 25.8. The summed E-state index contributed by atoms with van der Waals surface area (Å²) in [4.78, 5) is 18.1. The smallest absolute Gasteiger partial charge is 0.337 e. The number of pyridine rings is 1. The average molecular weight is 393 g/mol. The van der Waals surface area contributed by atoms with Gasteiger partial charge in [0.05, 0.1) is 18.8 Å². The van der Waals surface area contributed by atoms with Crippen LogP contribution >= 0.6 is 0 Å². The van der Waals surface area contributed by atoms with Crippen LogP contribution in [-0.2, 0) is 4.74 Å². The van der Waals surface area contributed by atoms with Crippen LogP contribution in [0.5, 0.6) is 5.75 Å². The Morgan fingerprint density at radius 3 is 2.59 bits per heavy atom. The van der Waals surface area contributed by atoms with E-state index in [9.17, 15) is 9.90 Å². The number of aliphatic hydroxyl groups excluding tert-OH is 1. The number of aromatic nitrogens is 1. The summed E-state index contributed by atoms with van der Waals surface area (Å²) >= 11 is 0. The molecule has 0 bridgehead atoms. The van der Waals surface area contributed by atoms with Crippen LogP contribution < -0.4 is 9.64 Å². The third-order valence-electron chi connectivity index (χ3n) is 5.82. The van der Waals surface area contributed by atoms with Crippen molar-refractivity contribution in [2.24, 2.45) is 11.8 Å². The second-order valence-corrected chi connectivity index (χ2v) is 7.63. The van der Waals surface area contributed by atoms with E-state index in [0.717, 1.165) is 25.3 Å². The van der Waals surface area contributed by atoms with E-state index < -0.39 is 12.1 Å². The molecule has 2 aromatic rings. The van der Waals surface area contributed by atoms with Crippen molar-refractivity contribution in [3.63, 3.8) is 0 Å². The van der Waals surface area contributed by atoms with Crippen LogP contribution in [0.2, 0.25) is 0 Å². The maximum atomic E-state index is 11.5. The zero-order chi connectivity index (χ0) is 20.4. The van der Waals surface area contributed by atoms with Crippen molar-refractivity contribution in [1.29, 1.82) is 5.26 Å². The standard InChI is InChI=1S/C22H23N3O4/c1-28-22(27)14-5-7-18(8-6-14)29-20-10-16-13-25(12-15(16)9-19(20)26)21-4-2-3-17(11-23)24-21/h2-8,15-16,19-20,26H,9-10,12-13H2,1H3/t15-,16+,19+,20+/m0/s1. The highest BCUT2D eigenvalue weighted by atomic mass is 16.5. The van der Waals surface area contributed by atoms with Crippen molar-refractivity contribution in [2.45, 2.75) is 25.0 Å². The number of carbonyl (C=O) groups is 1. The average Bonchev–Trinajstić information content (AvgIpc) is 3.16. The zero-order valence-electron chi connectivity index (χ0n) is 16.2. The van der Waals surface area contributed by atoms with Crippen LogP contribution in [0.25, 0.3) is 0 Å². The molecule has 0 radical (unpaired) electrons. The molecular formula is C22H23N3O4. The van der Waals surface area contributed by atoms with Crippen LogP contribution in [0.15, 0.2) is 42.5 Å². The monoisotopic (exact) mass is 393 g/mol. The van der Waals surface area contributed by atoms with Gasteiger partial charge in [0.15, 0.2) is 0 Å². The number of nitriles is 1. The predicted octanol–water partition coefficient (Wildman–Crippen LogP) is 2.39. The molecule has 2 aliphatic rings. The van der Waals surface area contributed by atoms with E-state index in [1.54, 1.807) is 30.3 Å². The first-order valence-corrected chi connectivity index (χ1v) is 9.72. The van der Waals surface area contributed by atoms with Gasteiger partial charge in [-0.3, -0.25) is 0 Å². The number of aliphatic hydroxyl groups is 1.